The Morgan fingerprint density at radius 2 is 2.33 bits per heavy atom. The fourth-order valence-electron chi connectivity index (χ4n) is 1.72. The number of nitro groups is 1. The number of carboxylic acid groups (broad SMARTS) is 1. The molecule has 1 aliphatic rings. The third-order valence-electron chi connectivity index (χ3n) is 2.59. The Balaban J connectivity index is 2.24. The van der Waals surface area contributed by atoms with Gasteiger partial charge in [-0.2, -0.15) is 0 Å². The summed E-state index contributed by atoms with van der Waals surface area (Å²) in [5.41, 5.74) is -0.825. The van der Waals surface area contributed by atoms with Gasteiger partial charge in [0.05, 0.1) is 18.1 Å². The Bertz CT molecular complexity index is 480. The molecule has 1 fully saturated rings. The van der Waals surface area contributed by atoms with Crippen LogP contribution in [0.15, 0.2) is 18.2 Å². The normalized spacial score (nSPS) is 18.6. The van der Waals surface area contributed by atoms with E-state index in [9.17, 15) is 14.9 Å². The van der Waals surface area contributed by atoms with E-state index in [0.29, 0.717) is 19.0 Å². The highest BCUT2D eigenvalue weighted by atomic mass is 16.6. The summed E-state index contributed by atoms with van der Waals surface area (Å²) in [7, 11) is 0. The fourth-order valence-corrected chi connectivity index (χ4v) is 1.72. The number of carbonyl (C=O) groups is 1. The van der Waals surface area contributed by atoms with Crippen molar-refractivity contribution in [2.45, 2.75) is 12.5 Å². The Morgan fingerprint density at radius 1 is 1.56 bits per heavy atom. The average Bonchev–Trinajstić information content (AvgIpc) is 2.81. The molecule has 0 bridgehead atoms. The van der Waals surface area contributed by atoms with Crippen LogP contribution in [-0.2, 0) is 4.74 Å². The smallest absolute Gasteiger partial charge is 0.342 e. The number of benzene rings is 1. The van der Waals surface area contributed by atoms with Crippen LogP contribution in [-0.4, -0.2) is 35.3 Å². The van der Waals surface area contributed by atoms with E-state index in [1.807, 2.05) is 0 Å². The number of hydrogen-bond donors (Lipinski definition) is 1. The molecule has 1 unspecified atom stereocenters. The van der Waals surface area contributed by atoms with Gasteiger partial charge in [-0.3, -0.25) is 10.1 Å². The minimum Gasteiger partial charge on any atom is -0.488 e. The van der Waals surface area contributed by atoms with E-state index < -0.39 is 16.6 Å². The number of nitro benzene ring substituents is 1. The maximum Gasteiger partial charge on any atom is 0.342 e. The van der Waals surface area contributed by atoms with Crippen molar-refractivity contribution in [1.82, 2.24) is 0 Å². The summed E-state index contributed by atoms with van der Waals surface area (Å²) in [5, 5.41) is 19.6. The van der Waals surface area contributed by atoms with E-state index in [1.165, 1.54) is 12.1 Å². The van der Waals surface area contributed by atoms with Crippen molar-refractivity contribution in [2.24, 2.45) is 0 Å². The second-order valence-corrected chi connectivity index (χ2v) is 3.84. The van der Waals surface area contributed by atoms with Gasteiger partial charge in [-0.15, -0.1) is 0 Å². The third-order valence-corrected chi connectivity index (χ3v) is 2.59. The van der Waals surface area contributed by atoms with Crippen molar-refractivity contribution in [2.75, 3.05) is 13.2 Å². The molecule has 0 aliphatic carbocycles. The molecule has 1 aromatic carbocycles. The second-order valence-electron chi connectivity index (χ2n) is 3.84. The Labute approximate surface area is 102 Å². The molecule has 1 aliphatic heterocycles. The van der Waals surface area contributed by atoms with Crippen molar-refractivity contribution in [3.05, 3.63) is 33.9 Å². The highest BCUT2D eigenvalue weighted by Crippen LogP contribution is 2.25. The maximum absolute atomic E-state index is 10.9. The van der Waals surface area contributed by atoms with Crippen LogP contribution in [0.2, 0.25) is 0 Å². The highest BCUT2D eigenvalue weighted by molar-refractivity contribution is 5.92. The van der Waals surface area contributed by atoms with Gasteiger partial charge in [0.25, 0.3) is 5.69 Å². The topological polar surface area (TPSA) is 98.9 Å². The number of rotatable bonds is 4. The van der Waals surface area contributed by atoms with Gasteiger partial charge in [0.2, 0.25) is 0 Å². The third kappa shape index (κ3) is 2.57. The second kappa shape index (κ2) is 5.01. The predicted octanol–water partition coefficient (Wildman–Crippen LogP) is 1.46. The van der Waals surface area contributed by atoms with Crippen molar-refractivity contribution < 1.29 is 24.3 Å². The first kappa shape index (κ1) is 12.3. The van der Waals surface area contributed by atoms with E-state index in [2.05, 4.69) is 0 Å². The first-order valence-corrected chi connectivity index (χ1v) is 5.34. The minimum absolute atomic E-state index is 0.131. The largest absolute Gasteiger partial charge is 0.488 e. The van der Waals surface area contributed by atoms with E-state index >= 15 is 0 Å². The average molecular weight is 253 g/mol. The highest BCUT2D eigenvalue weighted by Gasteiger charge is 2.22. The van der Waals surface area contributed by atoms with Crippen LogP contribution in [0.4, 0.5) is 5.69 Å². The number of ether oxygens (including phenoxy) is 2. The van der Waals surface area contributed by atoms with Crippen LogP contribution in [0, 0.1) is 10.1 Å². The van der Waals surface area contributed by atoms with E-state index in [-0.39, 0.29) is 11.7 Å². The van der Waals surface area contributed by atoms with Crippen LogP contribution in [0.1, 0.15) is 16.8 Å². The molecule has 1 saturated heterocycles. The van der Waals surface area contributed by atoms with Gasteiger partial charge in [-0.25, -0.2) is 4.79 Å². The summed E-state index contributed by atoms with van der Waals surface area (Å²) >= 11 is 0. The van der Waals surface area contributed by atoms with E-state index in [0.717, 1.165) is 12.5 Å². The minimum atomic E-state index is -1.35. The number of aromatic carboxylic acids is 1. The number of hydrogen-bond acceptors (Lipinski definition) is 5. The molecular formula is C11H11NO6. The van der Waals surface area contributed by atoms with Crippen molar-refractivity contribution >= 4 is 11.7 Å². The maximum atomic E-state index is 10.9. The standard InChI is InChI=1S/C11H11NO6/c13-11(14)9-5-7(1-2-10(9)12(15)16)18-8-3-4-17-6-8/h1-2,5,8H,3-4,6H2,(H,13,14). The van der Waals surface area contributed by atoms with Crippen molar-refractivity contribution in [3.63, 3.8) is 0 Å². The summed E-state index contributed by atoms with van der Waals surface area (Å²) < 4.78 is 10.6. The Hall–Kier alpha value is -2.15. The van der Waals surface area contributed by atoms with Crippen LogP contribution in [0.3, 0.4) is 0 Å². The molecular weight excluding hydrogens is 242 g/mol. The molecule has 1 aromatic rings. The van der Waals surface area contributed by atoms with Gasteiger partial charge >= 0.3 is 5.97 Å². The molecule has 1 atom stereocenters. The summed E-state index contributed by atoms with van der Waals surface area (Å²) in [5.74, 6) is -1.05. The van der Waals surface area contributed by atoms with Gasteiger partial charge in [0, 0.05) is 18.6 Å². The van der Waals surface area contributed by atoms with Gasteiger partial charge in [0.1, 0.15) is 17.4 Å². The van der Waals surface area contributed by atoms with Crippen LogP contribution >= 0.6 is 0 Å². The summed E-state index contributed by atoms with van der Waals surface area (Å²) in [6.07, 6.45) is 0.590. The summed E-state index contributed by atoms with van der Waals surface area (Å²) in [6.45, 7) is 1.04. The van der Waals surface area contributed by atoms with Gasteiger partial charge in [0.15, 0.2) is 0 Å². The fraction of sp³-hybridized carbons (Fsp3) is 0.364. The molecule has 0 saturated carbocycles. The van der Waals surface area contributed by atoms with Gasteiger partial charge in [-0.1, -0.05) is 0 Å². The first-order valence-electron chi connectivity index (χ1n) is 5.34. The predicted molar refractivity (Wildman–Crippen MR) is 59.9 cm³/mol. The lowest BCUT2D eigenvalue weighted by atomic mass is 10.1. The lowest BCUT2D eigenvalue weighted by Gasteiger charge is -2.12. The molecule has 96 valence electrons. The molecule has 0 radical (unpaired) electrons. The number of carboxylic acids is 1. The van der Waals surface area contributed by atoms with Gasteiger partial charge < -0.3 is 14.6 Å². The molecule has 0 amide bonds. The molecule has 2 rings (SSSR count). The molecule has 18 heavy (non-hydrogen) atoms. The Kier molecular flexibility index (Phi) is 3.42. The van der Waals surface area contributed by atoms with E-state index in [1.54, 1.807) is 0 Å². The zero-order valence-corrected chi connectivity index (χ0v) is 9.37. The lowest BCUT2D eigenvalue weighted by molar-refractivity contribution is -0.385. The van der Waals surface area contributed by atoms with Crippen LogP contribution in [0.25, 0.3) is 0 Å². The van der Waals surface area contributed by atoms with Crippen LogP contribution in [0.5, 0.6) is 5.75 Å². The molecule has 0 spiro atoms. The molecule has 7 heteroatoms. The van der Waals surface area contributed by atoms with Crippen LogP contribution < -0.4 is 4.74 Å². The quantitative estimate of drug-likeness (QED) is 0.644. The molecule has 1 heterocycles. The monoisotopic (exact) mass is 253 g/mol. The molecule has 7 nitrogen and oxygen atoms in total. The molecule has 0 aromatic heterocycles. The van der Waals surface area contributed by atoms with Crippen molar-refractivity contribution in [3.8, 4) is 5.75 Å². The van der Waals surface area contributed by atoms with Crippen molar-refractivity contribution in [1.29, 1.82) is 0 Å². The zero-order valence-electron chi connectivity index (χ0n) is 9.37. The SMILES string of the molecule is O=C(O)c1cc(OC2CCOC2)ccc1[N+](=O)[O-]. The summed E-state index contributed by atoms with van der Waals surface area (Å²) in [4.78, 5) is 20.9. The Morgan fingerprint density at radius 3 is 2.89 bits per heavy atom. The van der Waals surface area contributed by atoms with E-state index in [4.69, 9.17) is 14.6 Å². The summed E-state index contributed by atoms with van der Waals surface area (Å²) in [6, 6.07) is 3.69. The first-order chi connectivity index (χ1) is 8.58. The number of nitrogens with zero attached hydrogens (tertiary/aromatic N) is 1. The van der Waals surface area contributed by atoms with Gasteiger partial charge in [-0.05, 0) is 6.07 Å². The lowest BCUT2D eigenvalue weighted by Crippen LogP contribution is -2.16. The zero-order chi connectivity index (χ0) is 13.1. The molecule has 1 N–H and O–H groups in total.